The molecule has 0 unspecified atom stereocenters. The second-order valence-corrected chi connectivity index (χ2v) is 19.8. The molecule has 2 rings (SSSR count). The molecule has 0 aliphatic carbocycles. The Balaban J connectivity index is 0.00000138. The first-order chi connectivity index (χ1) is 40.5. The maximum Gasteiger partial charge on any atom is 0.416 e. The van der Waals surface area contributed by atoms with Gasteiger partial charge in [-0.25, -0.2) is 24.4 Å². The molecular weight excluding hydrogens is 1120 g/mol. The zero-order valence-corrected chi connectivity index (χ0v) is 50.9. The molecule has 2 heterocycles. The average Bonchev–Trinajstić information content (AvgIpc) is 3.65. The van der Waals surface area contributed by atoms with Crippen LogP contribution in [0.4, 0.5) is 21.2 Å². The summed E-state index contributed by atoms with van der Waals surface area (Å²) in [6.07, 6.45) is 2.79. The highest BCUT2D eigenvalue weighted by atomic mass is 16.6. The van der Waals surface area contributed by atoms with Crippen LogP contribution >= 0.6 is 0 Å². The van der Waals surface area contributed by atoms with Gasteiger partial charge in [-0.15, -0.1) is 0 Å². The second kappa shape index (κ2) is 48.2. The minimum absolute atomic E-state index is 0.00882. The molecule has 0 aliphatic rings. The van der Waals surface area contributed by atoms with Crippen LogP contribution in [-0.2, 0) is 76.0 Å². The number of carboxylic acids is 1. The number of carbonyl (C=O) groups is 6. The molecule has 0 bridgehead atoms. The first-order valence-corrected chi connectivity index (χ1v) is 27.4. The number of methoxy groups -OCH3 is 2. The first kappa shape index (κ1) is 78.0. The largest absolute Gasteiger partial charge is 0.481 e. The van der Waals surface area contributed by atoms with Gasteiger partial charge in [0.2, 0.25) is 5.91 Å². The Morgan fingerprint density at radius 2 is 0.953 bits per heavy atom. The van der Waals surface area contributed by atoms with Gasteiger partial charge in [0.15, 0.2) is 6.04 Å². The maximum atomic E-state index is 12.8. The summed E-state index contributed by atoms with van der Waals surface area (Å²) in [5, 5.41) is 18.0. The zero-order chi connectivity index (χ0) is 63.7. The van der Waals surface area contributed by atoms with Crippen LogP contribution < -0.4 is 20.9 Å². The topological polar surface area (TPSA) is 401 Å². The van der Waals surface area contributed by atoms with Crippen molar-refractivity contribution in [2.75, 3.05) is 156 Å². The van der Waals surface area contributed by atoms with E-state index in [4.69, 9.17) is 74.0 Å². The molecule has 85 heavy (non-hydrogen) atoms. The Hall–Kier alpha value is -7.02. The summed E-state index contributed by atoms with van der Waals surface area (Å²) in [6.45, 7) is 20.6. The second-order valence-electron chi connectivity index (χ2n) is 19.8. The molecule has 0 saturated carbocycles. The van der Waals surface area contributed by atoms with Crippen LogP contribution in [-0.4, -0.2) is 220 Å². The lowest BCUT2D eigenvalue weighted by Crippen LogP contribution is -2.45. The number of anilines is 2. The minimum atomic E-state index is -0.995. The molecule has 31 nitrogen and oxygen atoms in total. The number of amides is 3. The fourth-order valence-corrected chi connectivity index (χ4v) is 6.18. The van der Waals surface area contributed by atoms with Crippen LogP contribution in [0.25, 0.3) is 20.9 Å². The van der Waals surface area contributed by atoms with Gasteiger partial charge in [0.25, 0.3) is 0 Å². The van der Waals surface area contributed by atoms with Crippen molar-refractivity contribution in [1.29, 1.82) is 0 Å². The Labute approximate surface area is 497 Å². The molecule has 0 radical (unpaired) electrons. The number of hydrogen-bond acceptors (Lipinski definition) is 23. The number of carbonyl (C=O) groups excluding carboxylic acids is 5. The van der Waals surface area contributed by atoms with Gasteiger partial charge in [-0.1, -0.05) is 10.2 Å². The van der Waals surface area contributed by atoms with Gasteiger partial charge in [0.05, 0.1) is 120 Å². The third kappa shape index (κ3) is 44.2. The Kier molecular flexibility index (Phi) is 44.3. The zero-order valence-electron chi connectivity index (χ0n) is 50.9. The number of hydrogen-bond donors (Lipinski definition) is 3. The first-order valence-electron chi connectivity index (χ1n) is 27.4. The molecule has 480 valence electrons. The average molecular weight is 1210 g/mol. The van der Waals surface area contributed by atoms with Crippen molar-refractivity contribution < 1.29 is 90.7 Å². The third-order valence-corrected chi connectivity index (χ3v) is 10.1. The molecule has 0 aliphatic heterocycles. The molecule has 31 heteroatoms. The Bertz CT molecular complexity index is 2300. The van der Waals surface area contributed by atoms with Gasteiger partial charge < -0.3 is 73.0 Å². The monoisotopic (exact) mass is 1210 g/mol. The van der Waals surface area contributed by atoms with E-state index in [1.165, 1.54) is 24.0 Å². The maximum absolute atomic E-state index is 12.8. The summed E-state index contributed by atoms with van der Waals surface area (Å²) in [5.41, 5.74) is 22.2. The van der Waals surface area contributed by atoms with Crippen LogP contribution in [0, 0.1) is 13.8 Å². The number of pyridine rings is 2. The number of nitrogens with two attached hydrogens (primary N) is 1. The van der Waals surface area contributed by atoms with Gasteiger partial charge in [-0.05, 0) is 115 Å². The summed E-state index contributed by atoms with van der Waals surface area (Å²) in [5.74, 6) is -1.54. The molecule has 2 atom stereocenters. The van der Waals surface area contributed by atoms with Crippen LogP contribution in [0.3, 0.4) is 0 Å². The molecule has 0 spiro atoms. The molecule has 3 amide bonds. The third-order valence-electron chi connectivity index (χ3n) is 10.1. The van der Waals surface area contributed by atoms with E-state index in [1.807, 2.05) is 26.0 Å². The van der Waals surface area contributed by atoms with E-state index in [0.717, 1.165) is 11.1 Å². The van der Waals surface area contributed by atoms with E-state index in [-0.39, 0.29) is 58.9 Å². The molecule has 2 aromatic heterocycles. The fraction of sp³-hybridized carbons (Fsp3) is 0.704. The molecule has 0 fully saturated rings. The van der Waals surface area contributed by atoms with Gasteiger partial charge in [0.1, 0.15) is 28.9 Å². The minimum Gasteiger partial charge on any atom is -0.481 e. The predicted octanol–water partition coefficient (Wildman–Crippen LogP) is 5.81. The van der Waals surface area contributed by atoms with E-state index in [2.05, 4.69) is 40.1 Å². The number of carboxylic acid groups (broad SMARTS) is 1. The van der Waals surface area contributed by atoms with E-state index in [1.54, 1.807) is 66.1 Å². The van der Waals surface area contributed by atoms with E-state index in [0.29, 0.717) is 110 Å². The fourth-order valence-electron chi connectivity index (χ4n) is 6.18. The quantitative estimate of drug-likeness (QED) is 0.0177. The number of nitrogens with zero attached hydrogens (tertiary/aromatic N) is 10. The van der Waals surface area contributed by atoms with E-state index < -0.39 is 59.3 Å². The van der Waals surface area contributed by atoms with E-state index >= 15 is 0 Å². The lowest BCUT2D eigenvalue weighted by atomic mass is 10.2. The van der Waals surface area contributed by atoms with E-state index in [9.17, 15) is 28.8 Å². The number of nitrogens with one attached hydrogen (secondary N) is 1. The van der Waals surface area contributed by atoms with Gasteiger partial charge in [0, 0.05) is 61.2 Å². The number of rotatable bonds is 41. The van der Waals surface area contributed by atoms with Gasteiger partial charge in [-0.3, -0.25) is 24.2 Å². The van der Waals surface area contributed by atoms with Crippen molar-refractivity contribution in [2.24, 2.45) is 16.0 Å². The normalized spacial score (nSPS) is 11.6. The number of aryl methyl sites for hydroxylation is 2. The smallest absolute Gasteiger partial charge is 0.416 e. The molecule has 0 saturated heterocycles. The molecule has 4 N–H and O–H groups in total. The predicted molar refractivity (Wildman–Crippen MR) is 310 cm³/mol. The highest BCUT2D eigenvalue weighted by Gasteiger charge is 2.27. The highest BCUT2D eigenvalue weighted by Crippen LogP contribution is 2.20. The Morgan fingerprint density at radius 1 is 0.588 bits per heavy atom. The lowest BCUT2D eigenvalue weighted by molar-refractivity contribution is -0.147. The number of aromatic nitrogens is 2. The Morgan fingerprint density at radius 3 is 1.31 bits per heavy atom. The van der Waals surface area contributed by atoms with Crippen molar-refractivity contribution in [3.05, 3.63) is 68.7 Å². The summed E-state index contributed by atoms with van der Waals surface area (Å²) >= 11 is 0. The number of aliphatic carboxylic acids is 1. The van der Waals surface area contributed by atoms with Crippen molar-refractivity contribution in [2.45, 2.75) is 104 Å². The van der Waals surface area contributed by atoms with Crippen molar-refractivity contribution in [3.63, 3.8) is 0 Å². The molecule has 0 aromatic carbocycles. The highest BCUT2D eigenvalue weighted by molar-refractivity contribution is 5.88. The number of azide groups is 2. The standard InChI is InChI=1S/C27H44N6O9.C15H22N2O4.C12H24N4O6/c1-21-8-9-29-23(19-21)33(26(36)42-27(2,3)4)11-6-7-24(34)31-22(25(35)37-5)20-41-18-17-40-16-15-39-14-13-38-12-10-30-32-28;1-11-7-8-16-12(10-11)17(9-5-6-13(18)19)14(20)21-15(2,3)4;1-18-12(17)11(13)10-22-9-8-21-7-6-20-5-4-19-3-2-15-16-14/h8-9,19,22H,6-7,10-18,20H2,1-5H3,(H,31,34);7-8,10H,5-6,9H2,1-4H3,(H,18,19);11H,2-10,13H2,1H3/t22-;;11-/m0.0/s1. The van der Waals surface area contributed by atoms with Gasteiger partial charge in [-0.2, -0.15) is 0 Å². The lowest BCUT2D eigenvalue weighted by Gasteiger charge is -2.27. The van der Waals surface area contributed by atoms with Crippen molar-refractivity contribution >= 4 is 47.6 Å². The molecular formula is C54H90N12O19. The van der Waals surface area contributed by atoms with Crippen LogP contribution in [0.1, 0.15) is 78.4 Å². The van der Waals surface area contributed by atoms with Crippen LogP contribution in [0.15, 0.2) is 46.9 Å². The SMILES string of the molecule is COC(=O)[C@@H](N)COCCOCCOCCOCCN=[N+]=[N-].COC(=O)[C@H](COCCOCCOCCOCCN=[N+]=[N-])NC(=O)CCCN(C(=O)OC(C)(C)C)c1cc(C)ccn1.Cc1ccnc(N(CCCC(=O)O)C(=O)OC(C)(C)C)c1. The molecule has 2 aromatic rings. The summed E-state index contributed by atoms with van der Waals surface area (Å²) in [7, 11) is 2.50. The van der Waals surface area contributed by atoms with Crippen LogP contribution in [0.5, 0.6) is 0 Å². The van der Waals surface area contributed by atoms with Crippen molar-refractivity contribution in [3.8, 4) is 0 Å². The van der Waals surface area contributed by atoms with Gasteiger partial charge >= 0.3 is 30.1 Å². The van der Waals surface area contributed by atoms with Crippen molar-refractivity contribution in [1.82, 2.24) is 15.3 Å². The number of ether oxygens (including phenoxy) is 12. The van der Waals surface area contributed by atoms with Crippen LogP contribution in [0.2, 0.25) is 0 Å². The summed E-state index contributed by atoms with van der Waals surface area (Å²) < 4.78 is 62.4. The number of esters is 2. The summed E-state index contributed by atoms with van der Waals surface area (Å²) in [6, 6.07) is 5.41. The summed E-state index contributed by atoms with van der Waals surface area (Å²) in [4.78, 5) is 87.9.